The van der Waals surface area contributed by atoms with E-state index in [2.05, 4.69) is 28.4 Å². The average Bonchev–Trinajstić information content (AvgIpc) is 3.76. The van der Waals surface area contributed by atoms with Crippen molar-refractivity contribution in [1.29, 1.82) is 0 Å². The summed E-state index contributed by atoms with van der Waals surface area (Å²) in [6.45, 7) is 9.86. The van der Waals surface area contributed by atoms with Crippen LogP contribution in [0, 0.1) is 11.6 Å². The summed E-state index contributed by atoms with van der Waals surface area (Å²) in [6, 6.07) is 6.00. The maximum absolute atomic E-state index is 16.4. The Morgan fingerprint density at radius 2 is 1.83 bits per heavy atom. The molecule has 6 rings (SSSR count). The van der Waals surface area contributed by atoms with Gasteiger partial charge in [-0.05, 0) is 58.0 Å². The maximum atomic E-state index is 16.4. The molecule has 0 spiro atoms. The van der Waals surface area contributed by atoms with Crippen LogP contribution in [0.2, 0.25) is 5.02 Å². The summed E-state index contributed by atoms with van der Waals surface area (Å²) < 4.78 is 31.3. The number of fused-ring (bicyclic) bond motifs is 1. The van der Waals surface area contributed by atoms with Crippen molar-refractivity contribution in [2.24, 2.45) is 0 Å². The number of halogens is 3. The van der Waals surface area contributed by atoms with Crippen LogP contribution >= 0.6 is 11.6 Å². The Morgan fingerprint density at radius 3 is 2.49 bits per heavy atom. The fraction of sp³-hybridized carbons (Fsp3) is 0.433. The molecule has 8 nitrogen and oxygen atoms in total. The summed E-state index contributed by atoms with van der Waals surface area (Å²) in [5.74, 6) is -1.31. The van der Waals surface area contributed by atoms with E-state index < -0.39 is 17.4 Å². The van der Waals surface area contributed by atoms with E-state index in [0.29, 0.717) is 55.4 Å². The quantitative estimate of drug-likeness (QED) is 0.417. The van der Waals surface area contributed by atoms with Crippen LogP contribution in [0.3, 0.4) is 0 Å². The largest absolute Gasteiger partial charge is 0.507 e. The Labute approximate surface area is 242 Å². The number of hydrogen-bond donors (Lipinski definition) is 1. The number of carbonyl (C=O) groups excluding carboxylic acids is 1. The minimum atomic E-state index is -0.828. The molecule has 1 N–H and O–H groups in total. The summed E-state index contributed by atoms with van der Waals surface area (Å²) in [6.07, 6.45) is 3.72. The van der Waals surface area contributed by atoms with Crippen LogP contribution in [-0.4, -0.2) is 88.2 Å². The summed E-state index contributed by atoms with van der Waals surface area (Å²) >= 11 is 6.60. The van der Waals surface area contributed by atoms with Crippen molar-refractivity contribution in [3.05, 3.63) is 53.6 Å². The molecule has 1 saturated carbocycles. The van der Waals surface area contributed by atoms with Gasteiger partial charge in [0, 0.05) is 61.3 Å². The number of aromatic nitrogens is 2. The highest BCUT2D eigenvalue weighted by atomic mass is 35.5. The van der Waals surface area contributed by atoms with Crippen molar-refractivity contribution in [2.75, 3.05) is 43.0 Å². The Balaban J connectivity index is 1.47. The molecule has 3 aliphatic rings. The number of likely N-dealkylation sites (N-methyl/N-ethyl adjacent to an activating group) is 1. The van der Waals surface area contributed by atoms with Crippen LogP contribution in [0.15, 0.2) is 36.9 Å². The molecule has 216 valence electrons. The number of rotatable bonds is 6. The summed E-state index contributed by atoms with van der Waals surface area (Å²) in [7, 11) is 2.13. The van der Waals surface area contributed by atoms with Gasteiger partial charge in [0.2, 0.25) is 11.9 Å². The van der Waals surface area contributed by atoms with Crippen molar-refractivity contribution < 1.29 is 18.7 Å². The topological polar surface area (TPSA) is 76.0 Å². The lowest BCUT2D eigenvalue weighted by Crippen LogP contribution is -2.60. The zero-order chi connectivity index (χ0) is 29.2. The van der Waals surface area contributed by atoms with Gasteiger partial charge in [0.25, 0.3) is 0 Å². The van der Waals surface area contributed by atoms with Crippen LogP contribution < -0.4 is 9.80 Å². The van der Waals surface area contributed by atoms with Gasteiger partial charge < -0.3 is 19.8 Å². The molecule has 2 atom stereocenters. The Bertz CT molecular complexity index is 1520. The molecule has 1 aromatic heterocycles. The van der Waals surface area contributed by atoms with E-state index in [-0.39, 0.29) is 39.7 Å². The second-order valence-corrected chi connectivity index (χ2v) is 11.8. The van der Waals surface area contributed by atoms with Gasteiger partial charge in [-0.15, -0.1) is 0 Å². The number of aromatic hydroxyl groups is 1. The SMILES string of the molecule is C=CC(=O)N1C[C@H](C)N(c2nc(N3CC(N(C)C4CC4)C3)nc3c(F)c(-c4c(O)cccc4F)c(Cl)cc23)C[C@H]1C. The van der Waals surface area contributed by atoms with Crippen LogP contribution in [0.1, 0.15) is 26.7 Å². The second-order valence-electron chi connectivity index (χ2n) is 11.4. The number of phenols is 1. The average molecular weight is 583 g/mol. The Kier molecular flexibility index (Phi) is 7.02. The predicted molar refractivity (Wildman–Crippen MR) is 157 cm³/mol. The fourth-order valence-electron chi connectivity index (χ4n) is 6.02. The molecule has 1 aliphatic carbocycles. The normalized spacial score (nSPS) is 21.5. The molecular formula is C30H33ClF2N6O2. The smallest absolute Gasteiger partial charge is 0.246 e. The number of anilines is 2. The molecule has 2 aliphatic heterocycles. The van der Waals surface area contributed by atoms with E-state index in [4.69, 9.17) is 16.6 Å². The Hall–Kier alpha value is -3.50. The first kappa shape index (κ1) is 27.7. The summed E-state index contributed by atoms with van der Waals surface area (Å²) in [5, 5.41) is 10.8. The standard InChI is InChI=1S/C30H33ClF2N6O2/c1-5-24(41)38-12-17(3)39(13-16(38)2)29-20-11-21(31)25(26-22(32)7-6-8-23(26)40)27(33)28(20)34-30(35-29)37-14-19(15-37)36(4)18-9-10-18/h5-8,11,16-19,40H,1,9-10,12-15H2,2-4H3/t16-,17+/m1/s1. The minimum Gasteiger partial charge on any atom is -0.507 e. The monoisotopic (exact) mass is 582 g/mol. The maximum Gasteiger partial charge on any atom is 0.246 e. The number of piperazine rings is 1. The molecule has 3 heterocycles. The van der Waals surface area contributed by atoms with E-state index in [1.807, 2.05) is 18.7 Å². The van der Waals surface area contributed by atoms with Crippen molar-refractivity contribution >= 4 is 40.2 Å². The van der Waals surface area contributed by atoms with Crippen LogP contribution in [0.4, 0.5) is 20.5 Å². The van der Waals surface area contributed by atoms with E-state index in [0.717, 1.165) is 6.07 Å². The highest BCUT2D eigenvalue weighted by molar-refractivity contribution is 6.34. The summed E-state index contributed by atoms with van der Waals surface area (Å²) in [5.41, 5.74) is -0.564. The number of hydrogen-bond acceptors (Lipinski definition) is 7. The lowest BCUT2D eigenvalue weighted by atomic mass is 10.00. The first-order chi connectivity index (χ1) is 19.6. The first-order valence-electron chi connectivity index (χ1n) is 13.9. The molecule has 0 radical (unpaired) electrons. The van der Waals surface area contributed by atoms with Gasteiger partial charge in [-0.25, -0.2) is 13.8 Å². The van der Waals surface area contributed by atoms with Crippen LogP contribution in [0.5, 0.6) is 5.75 Å². The molecule has 0 bridgehead atoms. The van der Waals surface area contributed by atoms with Gasteiger partial charge in [0.15, 0.2) is 5.82 Å². The minimum absolute atomic E-state index is 0.00417. The molecule has 0 unspecified atom stereocenters. The van der Waals surface area contributed by atoms with Gasteiger partial charge in [0.05, 0.1) is 10.6 Å². The molecule has 3 aromatic rings. The van der Waals surface area contributed by atoms with E-state index in [9.17, 15) is 14.3 Å². The van der Waals surface area contributed by atoms with E-state index >= 15 is 4.39 Å². The lowest BCUT2D eigenvalue weighted by Gasteiger charge is -2.46. The second kappa shape index (κ2) is 10.4. The number of amides is 1. The fourth-order valence-corrected chi connectivity index (χ4v) is 6.31. The van der Waals surface area contributed by atoms with Crippen LogP contribution in [-0.2, 0) is 4.79 Å². The third-order valence-corrected chi connectivity index (χ3v) is 8.95. The van der Waals surface area contributed by atoms with Crippen molar-refractivity contribution in [2.45, 2.75) is 50.9 Å². The highest BCUT2D eigenvalue weighted by Crippen LogP contribution is 2.43. The number of nitrogens with zero attached hydrogens (tertiary/aromatic N) is 6. The van der Waals surface area contributed by atoms with Gasteiger partial charge in [-0.1, -0.05) is 24.2 Å². The van der Waals surface area contributed by atoms with Gasteiger partial charge >= 0.3 is 0 Å². The third kappa shape index (κ3) is 4.76. The number of phenolic OH excluding ortho intramolecular Hbond substituents is 1. The van der Waals surface area contributed by atoms with Crippen molar-refractivity contribution in [3.63, 3.8) is 0 Å². The lowest BCUT2D eigenvalue weighted by molar-refractivity contribution is -0.128. The van der Waals surface area contributed by atoms with Gasteiger partial charge in [0.1, 0.15) is 22.9 Å². The highest BCUT2D eigenvalue weighted by Gasteiger charge is 2.40. The number of carbonyl (C=O) groups is 1. The van der Waals surface area contributed by atoms with Crippen molar-refractivity contribution in [1.82, 2.24) is 19.8 Å². The summed E-state index contributed by atoms with van der Waals surface area (Å²) in [4.78, 5) is 30.3. The zero-order valence-corrected chi connectivity index (χ0v) is 24.1. The van der Waals surface area contributed by atoms with Gasteiger partial charge in [-0.2, -0.15) is 4.98 Å². The van der Waals surface area contributed by atoms with Gasteiger partial charge in [-0.3, -0.25) is 9.69 Å². The third-order valence-electron chi connectivity index (χ3n) is 8.65. The molecular weight excluding hydrogens is 550 g/mol. The van der Waals surface area contributed by atoms with Crippen molar-refractivity contribution in [3.8, 4) is 16.9 Å². The number of benzene rings is 2. The molecule has 3 fully saturated rings. The predicted octanol–water partition coefficient (Wildman–Crippen LogP) is 4.83. The molecule has 2 saturated heterocycles. The molecule has 41 heavy (non-hydrogen) atoms. The molecule has 11 heteroatoms. The zero-order valence-electron chi connectivity index (χ0n) is 23.3. The van der Waals surface area contributed by atoms with E-state index in [1.165, 1.54) is 31.1 Å². The molecule has 2 aromatic carbocycles. The first-order valence-corrected chi connectivity index (χ1v) is 14.3. The van der Waals surface area contributed by atoms with Crippen LogP contribution in [0.25, 0.3) is 22.0 Å². The van der Waals surface area contributed by atoms with E-state index in [1.54, 1.807) is 11.0 Å². The molecule has 1 amide bonds. The Morgan fingerprint density at radius 1 is 1.10 bits per heavy atom.